The van der Waals surface area contributed by atoms with Crippen molar-refractivity contribution in [3.8, 4) is 11.5 Å². The molecule has 232 valence electrons. The summed E-state index contributed by atoms with van der Waals surface area (Å²) in [5.41, 5.74) is 5.51. The van der Waals surface area contributed by atoms with Gasteiger partial charge in [-0.15, -0.1) is 11.8 Å². The molecular weight excluding hydrogens is 635 g/mol. The van der Waals surface area contributed by atoms with Crippen molar-refractivity contribution in [2.24, 2.45) is 0 Å². The van der Waals surface area contributed by atoms with Crippen LogP contribution in [0.3, 0.4) is 0 Å². The first-order valence-corrected chi connectivity index (χ1v) is 17.1. The van der Waals surface area contributed by atoms with Crippen molar-refractivity contribution < 1.29 is 14.3 Å². The van der Waals surface area contributed by atoms with Gasteiger partial charge in [0.15, 0.2) is 5.60 Å². The highest BCUT2D eigenvalue weighted by Crippen LogP contribution is 2.59. The molecule has 1 unspecified atom stereocenters. The second kappa shape index (κ2) is 12.3. The minimum Gasteiger partial charge on any atom is -0.456 e. The number of rotatable bonds is 8. The smallest absolute Gasteiger partial charge is 0.340 e. The Balaban J connectivity index is 1.52. The number of ether oxygens (including phenoxy) is 2. The van der Waals surface area contributed by atoms with Gasteiger partial charge in [-0.1, -0.05) is 48.3 Å². The van der Waals surface area contributed by atoms with Crippen LogP contribution in [0.4, 0.5) is 22.7 Å². The van der Waals surface area contributed by atoms with Gasteiger partial charge in [0.2, 0.25) is 0 Å². The van der Waals surface area contributed by atoms with E-state index in [-0.39, 0.29) is 5.97 Å². The van der Waals surface area contributed by atoms with Gasteiger partial charge in [-0.2, -0.15) is 0 Å². The highest BCUT2D eigenvalue weighted by molar-refractivity contribution is 7.99. The molecule has 0 N–H and O–H groups in total. The van der Waals surface area contributed by atoms with Crippen molar-refractivity contribution in [3.63, 3.8) is 0 Å². The van der Waals surface area contributed by atoms with Crippen LogP contribution in [0.2, 0.25) is 10.0 Å². The maximum absolute atomic E-state index is 13.6. The number of carbonyl (C=O) groups excluding carboxylic acids is 1. The topological polar surface area (TPSA) is 42.0 Å². The van der Waals surface area contributed by atoms with Crippen molar-refractivity contribution in [2.75, 3.05) is 28.6 Å². The Morgan fingerprint density at radius 1 is 0.696 bits per heavy atom. The Bertz CT molecular complexity index is 1900. The van der Waals surface area contributed by atoms with Gasteiger partial charge in [-0.3, -0.25) is 0 Å². The number of anilines is 4. The van der Waals surface area contributed by atoms with Gasteiger partial charge in [-0.25, -0.2) is 4.79 Å². The molecule has 0 aromatic heterocycles. The first kappa shape index (κ1) is 30.5. The number of halogens is 2. The van der Waals surface area contributed by atoms with E-state index < -0.39 is 5.60 Å². The zero-order valence-corrected chi connectivity index (χ0v) is 28.0. The fourth-order valence-electron chi connectivity index (χ4n) is 6.52. The molecule has 0 aliphatic carbocycles. The molecule has 0 radical (unpaired) electrons. The SMILES string of the molecule is CCSc1cc2c(cc1N(c1ccc(Cl)cc1)c1ccc(Cl)cc1)C1(OC(=O)c3ccccc31)c1ccc(N(CC)CC)cc1O2. The largest absolute Gasteiger partial charge is 0.456 e. The summed E-state index contributed by atoms with van der Waals surface area (Å²) in [6.45, 7) is 8.13. The summed E-state index contributed by atoms with van der Waals surface area (Å²) in [6.07, 6.45) is 0. The van der Waals surface area contributed by atoms with Crippen molar-refractivity contribution in [1.29, 1.82) is 0 Å². The molecule has 2 aliphatic rings. The van der Waals surface area contributed by atoms with Gasteiger partial charge >= 0.3 is 5.97 Å². The Labute approximate surface area is 283 Å². The van der Waals surface area contributed by atoms with E-state index in [1.54, 1.807) is 11.8 Å². The summed E-state index contributed by atoms with van der Waals surface area (Å²) in [5, 5.41) is 1.30. The number of nitrogens with zero attached hydrogens (tertiary/aromatic N) is 2. The number of thioether (sulfide) groups is 1. The lowest BCUT2D eigenvalue weighted by atomic mass is 9.77. The Kier molecular flexibility index (Phi) is 8.14. The average molecular weight is 668 g/mol. The third kappa shape index (κ3) is 5.00. The Hall–Kier alpha value is -4.10. The van der Waals surface area contributed by atoms with E-state index in [1.165, 1.54) is 0 Å². The van der Waals surface area contributed by atoms with E-state index in [0.29, 0.717) is 27.1 Å². The number of fused-ring (bicyclic) bond motifs is 6. The molecule has 2 heterocycles. The summed E-state index contributed by atoms with van der Waals surface area (Å²) in [4.78, 5) is 19.1. The molecule has 5 aromatic carbocycles. The molecule has 1 atom stereocenters. The zero-order chi connectivity index (χ0) is 32.0. The predicted octanol–water partition coefficient (Wildman–Crippen LogP) is 11.0. The van der Waals surface area contributed by atoms with Crippen LogP contribution >= 0.6 is 35.0 Å². The highest BCUT2D eigenvalue weighted by Gasteiger charge is 2.54. The lowest BCUT2D eigenvalue weighted by molar-refractivity contribution is 0.0224. The third-order valence-corrected chi connectivity index (χ3v) is 10.0. The van der Waals surface area contributed by atoms with Crippen LogP contribution in [0.25, 0.3) is 0 Å². The van der Waals surface area contributed by atoms with Crippen molar-refractivity contribution in [2.45, 2.75) is 31.3 Å². The fourth-order valence-corrected chi connectivity index (χ4v) is 7.57. The summed E-state index contributed by atoms with van der Waals surface area (Å²) in [6, 6.07) is 33.6. The molecule has 0 saturated carbocycles. The van der Waals surface area contributed by atoms with Crippen LogP contribution in [0.1, 0.15) is 47.8 Å². The minimum absolute atomic E-state index is 0.358. The third-order valence-electron chi connectivity index (χ3n) is 8.62. The van der Waals surface area contributed by atoms with E-state index in [0.717, 1.165) is 63.2 Å². The molecule has 2 aliphatic heterocycles. The van der Waals surface area contributed by atoms with E-state index in [4.69, 9.17) is 32.7 Å². The second-order valence-electron chi connectivity index (χ2n) is 11.1. The molecule has 8 heteroatoms. The maximum Gasteiger partial charge on any atom is 0.340 e. The fraction of sp³-hybridized carbons (Fsp3) is 0.184. The monoisotopic (exact) mass is 666 g/mol. The molecule has 7 rings (SSSR count). The van der Waals surface area contributed by atoms with Crippen LogP contribution in [-0.4, -0.2) is 24.8 Å². The quantitative estimate of drug-likeness (QED) is 0.121. The Morgan fingerprint density at radius 3 is 1.93 bits per heavy atom. The molecular formula is C38H32Cl2N2O3S. The molecule has 5 aromatic rings. The zero-order valence-electron chi connectivity index (χ0n) is 25.7. The van der Waals surface area contributed by atoms with Crippen LogP contribution in [-0.2, 0) is 10.3 Å². The maximum atomic E-state index is 13.6. The molecule has 0 amide bonds. The second-order valence-corrected chi connectivity index (χ2v) is 13.3. The van der Waals surface area contributed by atoms with E-state index in [2.05, 4.69) is 54.8 Å². The summed E-state index contributed by atoms with van der Waals surface area (Å²) < 4.78 is 13.3. The van der Waals surface area contributed by atoms with Crippen LogP contribution in [0.5, 0.6) is 11.5 Å². The molecule has 5 nitrogen and oxygen atoms in total. The number of carbonyl (C=O) groups is 1. The lowest BCUT2D eigenvalue weighted by Gasteiger charge is -2.38. The average Bonchev–Trinajstić information content (AvgIpc) is 3.36. The number of esters is 1. The minimum atomic E-state index is -1.20. The lowest BCUT2D eigenvalue weighted by Crippen LogP contribution is -2.33. The predicted molar refractivity (Wildman–Crippen MR) is 189 cm³/mol. The number of hydrogen-bond acceptors (Lipinski definition) is 6. The standard InChI is InChI=1S/C38H32Cl2N2O3S/c1-4-41(5-2)28-19-20-31-34(21-28)44-35-23-36(46-6-3)33(22-32(35)38(31)30-10-8-7-9-29(30)37(43)45-38)42(26-15-11-24(39)12-16-26)27-17-13-25(40)14-18-27/h7-23H,4-6H2,1-3H3. The molecule has 0 saturated heterocycles. The van der Waals surface area contributed by atoms with Crippen molar-refractivity contribution >= 4 is 63.7 Å². The van der Waals surface area contributed by atoms with Gasteiger partial charge in [0, 0.05) is 67.8 Å². The molecule has 46 heavy (non-hydrogen) atoms. The normalized spacial score (nSPS) is 15.9. The van der Waals surface area contributed by atoms with Gasteiger partial charge in [-0.05, 0) is 98.5 Å². The van der Waals surface area contributed by atoms with Crippen LogP contribution in [0, 0.1) is 0 Å². The Morgan fingerprint density at radius 2 is 1.30 bits per heavy atom. The van der Waals surface area contributed by atoms with Gasteiger partial charge in [0.05, 0.1) is 11.3 Å². The summed E-state index contributed by atoms with van der Waals surface area (Å²) in [7, 11) is 0. The van der Waals surface area contributed by atoms with Crippen molar-refractivity contribution in [3.05, 3.63) is 135 Å². The van der Waals surface area contributed by atoms with E-state index in [1.807, 2.05) is 78.9 Å². The van der Waals surface area contributed by atoms with Gasteiger partial charge in [0.25, 0.3) is 0 Å². The number of hydrogen-bond donors (Lipinski definition) is 0. The van der Waals surface area contributed by atoms with E-state index >= 15 is 0 Å². The van der Waals surface area contributed by atoms with Crippen LogP contribution in [0.15, 0.2) is 108 Å². The molecule has 1 spiro atoms. The van der Waals surface area contributed by atoms with Crippen LogP contribution < -0.4 is 14.5 Å². The summed E-state index contributed by atoms with van der Waals surface area (Å²) in [5.74, 6) is 1.81. The molecule has 0 bridgehead atoms. The first-order chi connectivity index (χ1) is 22.4. The van der Waals surface area contributed by atoms with E-state index in [9.17, 15) is 4.79 Å². The summed E-state index contributed by atoms with van der Waals surface area (Å²) >= 11 is 14.4. The number of benzene rings is 5. The van der Waals surface area contributed by atoms with Gasteiger partial charge < -0.3 is 19.3 Å². The first-order valence-electron chi connectivity index (χ1n) is 15.4. The highest BCUT2D eigenvalue weighted by atomic mass is 35.5. The van der Waals surface area contributed by atoms with Gasteiger partial charge in [0.1, 0.15) is 11.5 Å². The molecule has 0 fully saturated rings. The van der Waals surface area contributed by atoms with Crippen molar-refractivity contribution in [1.82, 2.24) is 0 Å².